The van der Waals surface area contributed by atoms with E-state index in [1.807, 2.05) is 0 Å². The number of anilines is 1. The third-order valence-corrected chi connectivity index (χ3v) is 6.21. The Morgan fingerprint density at radius 2 is 2.15 bits per heavy atom. The number of carbonyl (C=O) groups is 2. The van der Waals surface area contributed by atoms with Gasteiger partial charge in [-0.05, 0) is 54.5 Å². The fourth-order valence-corrected chi connectivity index (χ4v) is 4.83. The van der Waals surface area contributed by atoms with E-state index >= 15 is 0 Å². The maximum absolute atomic E-state index is 12.4. The van der Waals surface area contributed by atoms with Gasteiger partial charge in [-0.2, -0.15) is 14.0 Å². The Hall–Kier alpha value is -3.45. The van der Waals surface area contributed by atoms with Crippen LogP contribution in [0.5, 0.6) is 11.5 Å². The average molecular weight is 477 g/mol. The lowest BCUT2D eigenvalue weighted by Crippen LogP contribution is -2.20. The number of alkyl halides is 2. The molecule has 0 saturated heterocycles. The second-order valence-corrected chi connectivity index (χ2v) is 8.55. The molecule has 2 aromatic rings. The summed E-state index contributed by atoms with van der Waals surface area (Å²) in [5.41, 5.74) is 1.96. The van der Waals surface area contributed by atoms with Gasteiger partial charge in [0.25, 0.3) is 5.91 Å². The van der Waals surface area contributed by atoms with Crippen molar-refractivity contribution in [3.05, 3.63) is 45.8 Å². The van der Waals surface area contributed by atoms with E-state index in [4.69, 9.17) is 9.47 Å². The molecule has 1 aliphatic carbocycles. The molecule has 1 aliphatic rings. The maximum Gasteiger partial charge on any atom is 0.387 e. The number of carbonyl (C=O) groups excluding carboxylic acids is 2. The number of halogens is 2. The lowest BCUT2D eigenvalue weighted by atomic mass is 9.89. The molecule has 0 spiro atoms. The Labute approximate surface area is 193 Å². The molecule has 3 rings (SSSR count). The molecule has 1 atom stereocenters. The standard InChI is InChI=1S/C23H22F2N2O5S/c1-13-3-6-15-16(11-26)22(33-19(15)9-13)27-20(28)12-31-21(29)8-5-14-4-7-17(32-23(24)25)18(10-14)30-2/h4-5,7-8,10,13,23H,3,6,9,12H2,1-2H3,(H,27,28)/b8-5+/t13-/m0/s1. The molecule has 1 aromatic heterocycles. The largest absolute Gasteiger partial charge is 0.493 e. The number of hydrogen-bond donors (Lipinski definition) is 1. The zero-order chi connectivity index (χ0) is 24.0. The summed E-state index contributed by atoms with van der Waals surface area (Å²) in [6.45, 7) is -1.35. The van der Waals surface area contributed by atoms with Crippen molar-refractivity contribution in [2.45, 2.75) is 32.8 Å². The molecule has 10 heteroatoms. The molecule has 0 unspecified atom stereocenters. The SMILES string of the molecule is COc1cc(/C=C/C(=O)OCC(=O)Nc2sc3c(c2C#N)CC[C@H](C)C3)ccc1OC(F)F. The van der Waals surface area contributed by atoms with Gasteiger partial charge in [0.1, 0.15) is 11.1 Å². The van der Waals surface area contributed by atoms with E-state index in [9.17, 15) is 23.6 Å². The predicted octanol–water partition coefficient (Wildman–Crippen LogP) is 4.55. The minimum absolute atomic E-state index is 0.0755. The topological polar surface area (TPSA) is 97.6 Å². The minimum atomic E-state index is -2.99. The van der Waals surface area contributed by atoms with Crippen LogP contribution in [0, 0.1) is 17.2 Å². The van der Waals surface area contributed by atoms with Crippen LogP contribution in [0.15, 0.2) is 24.3 Å². The van der Waals surface area contributed by atoms with Crippen LogP contribution in [0.3, 0.4) is 0 Å². The number of thiophene rings is 1. The lowest BCUT2D eigenvalue weighted by molar-refractivity contribution is -0.142. The molecule has 0 fully saturated rings. The highest BCUT2D eigenvalue weighted by Crippen LogP contribution is 2.39. The fourth-order valence-electron chi connectivity index (χ4n) is 3.45. The van der Waals surface area contributed by atoms with E-state index in [0.717, 1.165) is 35.8 Å². The van der Waals surface area contributed by atoms with Crippen LogP contribution < -0.4 is 14.8 Å². The van der Waals surface area contributed by atoms with Crippen molar-refractivity contribution in [2.75, 3.05) is 19.0 Å². The molecule has 1 amide bonds. The first-order valence-corrected chi connectivity index (χ1v) is 10.9. The van der Waals surface area contributed by atoms with Gasteiger partial charge in [0.15, 0.2) is 18.1 Å². The number of hydrogen-bond acceptors (Lipinski definition) is 7. The van der Waals surface area contributed by atoms with Crippen LogP contribution in [0.25, 0.3) is 6.08 Å². The van der Waals surface area contributed by atoms with E-state index in [0.29, 0.717) is 22.0 Å². The number of benzene rings is 1. The second kappa shape index (κ2) is 10.9. The molecule has 7 nitrogen and oxygen atoms in total. The number of ether oxygens (including phenoxy) is 3. The van der Waals surface area contributed by atoms with Gasteiger partial charge >= 0.3 is 12.6 Å². The summed E-state index contributed by atoms with van der Waals surface area (Å²) in [4.78, 5) is 25.3. The molecule has 0 radical (unpaired) electrons. The summed E-state index contributed by atoms with van der Waals surface area (Å²) in [5.74, 6) is -0.837. The summed E-state index contributed by atoms with van der Waals surface area (Å²) in [6, 6.07) is 6.33. The summed E-state index contributed by atoms with van der Waals surface area (Å²) in [5, 5.41) is 12.6. The van der Waals surface area contributed by atoms with Crippen LogP contribution in [-0.2, 0) is 27.2 Å². The van der Waals surface area contributed by atoms with Crippen molar-refractivity contribution < 1.29 is 32.6 Å². The van der Waals surface area contributed by atoms with Gasteiger partial charge in [-0.1, -0.05) is 13.0 Å². The Morgan fingerprint density at radius 3 is 2.85 bits per heavy atom. The van der Waals surface area contributed by atoms with Gasteiger partial charge in [-0.25, -0.2) is 4.79 Å². The number of esters is 1. The van der Waals surface area contributed by atoms with Crippen LogP contribution in [0.2, 0.25) is 0 Å². The number of fused-ring (bicyclic) bond motifs is 1. The van der Waals surface area contributed by atoms with Gasteiger partial charge in [-0.15, -0.1) is 11.3 Å². The Bertz CT molecular complexity index is 1110. The number of nitriles is 1. The van der Waals surface area contributed by atoms with Gasteiger partial charge in [-0.3, -0.25) is 4.79 Å². The van der Waals surface area contributed by atoms with E-state index in [1.54, 1.807) is 0 Å². The smallest absolute Gasteiger partial charge is 0.387 e. The molecule has 1 N–H and O–H groups in total. The van der Waals surface area contributed by atoms with Crippen molar-refractivity contribution in [1.82, 2.24) is 0 Å². The van der Waals surface area contributed by atoms with Crippen LogP contribution in [-0.4, -0.2) is 32.2 Å². The van der Waals surface area contributed by atoms with Crippen molar-refractivity contribution in [3.63, 3.8) is 0 Å². The molecule has 0 bridgehead atoms. The third-order valence-electron chi connectivity index (χ3n) is 5.04. The number of amides is 1. The highest BCUT2D eigenvalue weighted by Gasteiger charge is 2.24. The molecule has 1 aromatic carbocycles. The van der Waals surface area contributed by atoms with Crippen molar-refractivity contribution >= 4 is 34.3 Å². The quantitative estimate of drug-likeness (QED) is 0.444. The first kappa shape index (κ1) is 24.2. The monoisotopic (exact) mass is 476 g/mol. The van der Waals surface area contributed by atoms with Gasteiger partial charge in [0.05, 0.1) is 12.7 Å². The number of methoxy groups -OCH3 is 1. The zero-order valence-electron chi connectivity index (χ0n) is 18.0. The molecule has 0 saturated carbocycles. The van der Waals surface area contributed by atoms with E-state index in [-0.39, 0.29) is 11.5 Å². The van der Waals surface area contributed by atoms with Crippen molar-refractivity contribution in [3.8, 4) is 17.6 Å². The van der Waals surface area contributed by atoms with E-state index < -0.39 is 25.1 Å². The second-order valence-electron chi connectivity index (χ2n) is 7.45. The summed E-state index contributed by atoms with van der Waals surface area (Å²) < 4.78 is 39.1. The molecule has 174 valence electrons. The van der Waals surface area contributed by atoms with Gasteiger partial charge in [0, 0.05) is 11.0 Å². The van der Waals surface area contributed by atoms with E-state index in [1.165, 1.54) is 42.7 Å². The first-order valence-electron chi connectivity index (χ1n) is 10.1. The van der Waals surface area contributed by atoms with Crippen LogP contribution >= 0.6 is 11.3 Å². The normalized spacial score (nSPS) is 15.1. The third kappa shape index (κ3) is 6.29. The number of nitrogens with one attached hydrogen (secondary N) is 1. The minimum Gasteiger partial charge on any atom is -0.493 e. The van der Waals surface area contributed by atoms with Crippen molar-refractivity contribution in [1.29, 1.82) is 5.26 Å². The zero-order valence-corrected chi connectivity index (χ0v) is 18.8. The van der Waals surface area contributed by atoms with Gasteiger partial charge in [0.2, 0.25) is 0 Å². The molecule has 1 heterocycles. The van der Waals surface area contributed by atoms with Crippen LogP contribution in [0.4, 0.5) is 13.8 Å². The van der Waals surface area contributed by atoms with Gasteiger partial charge < -0.3 is 19.5 Å². The molecule has 0 aliphatic heterocycles. The van der Waals surface area contributed by atoms with E-state index in [2.05, 4.69) is 23.0 Å². The first-order chi connectivity index (χ1) is 15.8. The molecular weight excluding hydrogens is 454 g/mol. The van der Waals surface area contributed by atoms with Crippen molar-refractivity contribution in [2.24, 2.45) is 5.92 Å². The summed E-state index contributed by atoms with van der Waals surface area (Å²) in [6.07, 6.45) is 5.18. The summed E-state index contributed by atoms with van der Waals surface area (Å²) in [7, 11) is 1.30. The molecular formula is C23H22F2N2O5S. The Morgan fingerprint density at radius 1 is 1.36 bits per heavy atom. The number of nitrogens with zero attached hydrogens (tertiary/aromatic N) is 1. The lowest BCUT2D eigenvalue weighted by Gasteiger charge is -2.17. The predicted molar refractivity (Wildman–Crippen MR) is 118 cm³/mol. The highest BCUT2D eigenvalue weighted by molar-refractivity contribution is 7.16. The average Bonchev–Trinajstić information content (AvgIpc) is 3.12. The molecule has 33 heavy (non-hydrogen) atoms. The Kier molecular flexibility index (Phi) is 8.01. The summed E-state index contributed by atoms with van der Waals surface area (Å²) >= 11 is 1.39. The van der Waals surface area contributed by atoms with Crippen LogP contribution in [0.1, 0.15) is 34.9 Å². The Balaban J connectivity index is 1.56. The number of rotatable bonds is 8. The maximum atomic E-state index is 12.4. The fraction of sp³-hybridized carbons (Fsp3) is 0.348. The highest BCUT2D eigenvalue weighted by atomic mass is 32.1.